The van der Waals surface area contributed by atoms with E-state index >= 15 is 0 Å². The van der Waals surface area contributed by atoms with Crippen LogP contribution in [-0.2, 0) is 10.3 Å². The molecular weight excluding hydrogens is 364 g/mol. The Bertz CT molecular complexity index is 1070. The molecule has 1 fully saturated rings. The standard InChI is InChI=1S/C21H21F2N3O2/c1-13(2)15-4-7-17(8-5-15)25-12-24-26(20(25)27)14(3)21(11-28-21)18-9-6-16(22)10-19(18)23/h4-10,12-14H,11H2,1-3H3/t14-,21+/m1/s1. The highest BCUT2D eigenvalue weighted by molar-refractivity contribution is 5.35. The van der Waals surface area contributed by atoms with Crippen molar-refractivity contribution in [3.05, 3.63) is 82.0 Å². The maximum Gasteiger partial charge on any atom is 0.350 e. The lowest BCUT2D eigenvalue weighted by Gasteiger charge is -2.20. The Labute approximate surface area is 161 Å². The summed E-state index contributed by atoms with van der Waals surface area (Å²) < 4.78 is 35.9. The maximum absolute atomic E-state index is 14.3. The number of halogens is 2. The summed E-state index contributed by atoms with van der Waals surface area (Å²) in [7, 11) is 0. The molecule has 1 aliphatic rings. The molecule has 0 N–H and O–H groups in total. The van der Waals surface area contributed by atoms with Crippen molar-refractivity contribution in [1.82, 2.24) is 14.3 Å². The molecule has 0 aliphatic carbocycles. The molecule has 0 saturated carbocycles. The van der Waals surface area contributed by atoms with E-state index in [9.17, 15) is 13.6 Å². The average Bonchev–Trinajstić information content (AvgIpc) is 3.38. The van der Waals surface area contributed by atoms with Gasteiger partial charge in [-0.25, -0.2) is 22.8 Å². The first-order valence-electron chi connectivity index (χ1n) is 9.19. The summed E-state index contributed by atoms with van der Waals surface area (Å²) in [6, 6.07) is 10.5. The number of hydrogen-bond donors (Lipinski definition) is 0. The normalized spacial score (nSPS) is 19.8. The molecule has 28 heavy (non-hydrogen) atoms. The molecule has 3 aromatic rings. The molecular formula is C21H21F2N3O2. The topological polar surface area (TPSA) is 52.4 Å². The summed E-state index contributed by atoms with van der Waals surface area (Å²) in [6.45, 7) is 6.19. The van der Waals surface area contributed by atoms with E-state index in [0.717, 1.165) is 6.07 Å². The minimum absolute atomic E-state index is 0.226. The van der Waals surface area contributed by atoms with Crippen molar-refractivity contribution in [3.63, 3.8) is 0 Å². The van der Waals surface area contributed by atoms with E-state index in [0.29, 0.717) is 11.6 Å². The second-order valence-corrected chi connectivity index (χ2v) is 7.45. The first-order valence-corrected chi connectivity index (χ1v) is 9.19. The van der Waals surface area contributed by atoms with Gasteiger partial charge in [-0.3, -0.25) is 0 Å². The lowest BCUT2D eigenvalue weighted by Crippen LogP contribution is -2.33. The number of benzene rings is 2. The second kappa shape index (κ2) is 6.67. The smallest absolute Gasteiger partial charge is 0.350 e. The Kier molecular flexibility index (Phi) is 4.42. The van der Waals surface area contributed by atoms with Gasteiger partial charge in [-0.05, 0) is 36.6 Å². The van der Waals surface area contributed by atoms with Gasteiger partial charge in [-0.15, -0.1) is 0 Å². The van der Waals surface area contributed by atoms with Crippen molar-refractivity contribution in [1.29, 1.82) is 0 Å². The highest BCUT2D eigenvalue weighted by Crippen LogP contribution is 2.48. The second-order valence-electron chi connectivity index (χ2n) is 7.45. The van der Waals surface area contributed by atoms with Crippen LogP contribution in [0.5, 0.6) is 0 Å². The minimum atomic E-state index is -1.03. The molecule has 1 saturated heterocycles. The van der Waals surface area contributed by atoms with Gasteiger partial charge in [0.25, 0.3) is 0 Å². The number of hydrogen-bond acceptors (Lipinski definition) is 3. The van der Waals surface area contributed by atoms with Crippen LogP contribution in [0.3, 0.4) is 0 Å². The molecule has 7 heteroatoms. The van der Waals surface area contributed by atoms with Crippen molar-refractivity contribution < 1.29 is 13.5 Å². The zero-order valence-electron chi connectivity index (χ0n) is 15.9. The predicted molar refractivity (Wildman–Crippen MR) is 101 cm³/mol. The van der Waals surface area contributed by atoms with Crippen LogP contribution in [-0.4, -0.2) is 21.0 Å². The van der Waals surface area contributed by atoms with Crippen LogP contribution in [0.1, 0.15) is 43.9 Å². The van der Waals surface area contributed by atoms with Gasteiger partial charge in [0.05, 0.1) is 18.3 Å². The van der Waals surface area contributed by atoms with Gasteiger partial charge in [-0.1, -0.05) is 32.0 Å². The highest BCUT2D eigenvalue weighted by Gasteiger charge is 2.54. The Morgan fingerprint density at radius 2 is 1.79 bits per heavy atom. The molecule has 1 aromatic heterocycles. The van der Waals surface area contributed by atoms with Gasteiger partial charge in [0.1, 0.15) is 23.6 Å². The van der Waals surface area contributed by atoms with E-state index in [1.807, 2.05) is 24.3 Å². The molecule has 2 heterocycles. The van der Waals surface area contributed by atoms with Crippen LogP contribution in [0.4, 0.5) is 8.78 Å². The van der Waals surface area contributed by atoms with Gasteiger partial charge in [0.15, 0.2) is 0 Å². The molecule has 0 radical (unpaired) electrons. The lowest BCUT2D eigenvalue weighted by molar-refractivity contribution is 0.211. The molecule has 1 aliphatic heterocycles. The van der Waals surface area contributed by atoms with E-state index in [1.54, 1.807) is 6.92 Å². The molecule has 2 atom stereocenters. The Morgan fingerprint density at radius 1 is 1.11 bits per heavy atom. The minimum Gasteiger partial charge on any atom is -0.362 e. The molecule has 0 bridgehead atoms. The number of nitrogens with zero attached hydrogens (tertiary/aromatic N) is 3. The fraction of sp³-hybridized carbons (Fsp3) is 0.333. The van der Waals surface area contributed by atoms with Crippen LogP contribution in [0, 0.1) is 11.6 Å². The van der Waals surface area contributed by atoms with Gasteiger partial charge >= 0.3 is 5.69 Å². The van der Waals surface area contributed by atoms with Gasteiger partial charge in [0.2, 0.25) is 0 Å². The number of ether oxygens (including phenoxy) is 1. The lowest BCUT2D eigenvalue weighted by atomic mass is 9.92. The third-order valence-corrected chi connectivity index (χ3v) is 5.42. The van der Waals surface area contributed by atoms with Crippen LogP contribution < -0.4 is 5.69 Å². The fourth-order valence-electron chi connectivity index (χ4n) is 3.51. The summed E-state index contributed by atoms with van der Waals surface area (Å²) in [6.07, 6.45) is 1.44. The SMILES string of the molecule is CC(C)c1ccc(-n2cnn([C@H](C)[C@]3(c4ccc(F)cc4F)CO3)c2=O)cc1. The third-order valence-electron chi connectivity index (χ3n) is 5.42. The summed E-state index contributed by atoms with van der Waals surface area (Å²) in [5.41, 5.74) is 0.732. The Balaban J connectivity index is 1.68. The molecule has 0 unspecified atom stereocenters. The fourth-order valence-corrected chi connectivity index (χ4v) is 3.51. The van der Waals surface area contributed by atoms with E-state index in [4.69, 9.17) is 4.74 Å². The summed E-state index contributed by atoms with van der Waals surface area (Å²) in [5, 5.41) is 4.22. The zero-order chi connectivity index (χ0) is 20.1. The van der Waals surface area contributed by atoms with Crippen molar-refractivity contribution in [2.45, 2.75) is 38.3 Å². The molecule has 4 rings (SSSR count). The summed E-state index contributed by atoms with van der Waals surface area (Å²) in [4.78, 5) is 12.9. The number of aromatic nitrogens is 3. The summed E-state index contributed by atoms with van der Waals surface area (Å²) >= 11 is 0. The van der Waals surface area contributed by atoms with Crippen LogP contribution in [0.15, 0.2) is 53.6 Å². The molecule has 0 amide bonds. The monoisotopic (exact) mass is 385 g/mol. The van der Waals surface area contributed by atoms with E-state index in [2.05, 4.69) is 18.9 Å². The molecule has 5 nitrogen and oxygen atoms in total. The van der Waals surface area contributed by atoms with Gasteiger partial charge < -0.3 is 4.74 Å². The van der Waals surface area contributed by atoms with Gasteiger partial charge in [0, 0.05) is 11.6 Å². The van der Waals surface area contributed by atoms with Crippen molar-refractivity contribution in [2.75, 3.05) is 6.61 Å². The first kappa shape index (κ1) is 18.6. The van der Waals surface area contributed by atoms with Crippen LogP contribution >= 0.6 is 0 Å². The number of epoxide rings is 1. The molecule has 2 aromatic carbocycles. The van der Waals surface area contributed by atoms with Gasteiger partial charge in [-0.2, -0.15) is 5.10 Å². The van der Waals surface area contributed by atoms with Crippen LogP contribution in [0.25, 0.3) is 5.69 Å². The third kappa shape index (κ3) is 2.96. The number of rotatable bonds is 5. The van der Waals surface area contributed by atoms with E-state index < -0.39 is 23.3 Å². The Morgan fingerprint density at radius 3 is 2.36 bits per heavy atom. The molecule has 0 spiro atoms. The van der Waals surface area contributed by atoms with Crippen LogP contribution in [0.2, 0.25) is 0 Å². The first-order chi connectivity index (χ1) is 13.3. The quantitative estimate of drug-likeness (QED) is 0.626. The summed E-state index contributed by atoms with van der Waals surface area (Å²) in [5.74, 6) is -0.955. The largest absolute Gasteiger partial charge is 0.362 e. The zero-order valence-corrected chi connectivity index (χ0v) is 15.9. The van der Waals surface area contributed by atoms with Crippen molar-refractivity contribution in [3.8, 4) is 5.69 Å². The maximum atomic E-state index is 14.3. The van der Waals surface area contributed by atoms with Crippen molar-refractivity contribution >= 4 is 0 Å². The van der Waals surface area contributed by atoms with E-state index in [-0.39, 0.29) is 17.9 Å². The van der Waals surface area contributed by atoms with E-state index in [1.165, 1.54) is 33.3 Å². The van der Waals surface area contributed by atoms with Crippen molar-refractivity contribution in [2.24, 2.45) is 0 Å². The highest BCUT2D eigenvalue weighted by atomic mass is 19.1. The predicted octanol–water partition coefficient (Wildman–Crippen LogP) is 3.92. The average molecular weight is 385 g/mol. The molecule has 146 valence electrons. The Hall–Kier alpha value is -2.80.